The van der Waals surface area contributed by atoms with E-state index < -0.39 is 5.54 Å². The second-order valence-electron chi connectivity index (χ2n) is 7.13. The number of aliphatic imine (C=N–C) groups is 1. The van der Waals surface area contributed by atoms with Crippen LogP contribution in [0.3, 0.4) is 0 Å². The van der Waals surface area contributed by atoms with Gasteiger partial charge < -0.3 is 21.5 Å². The predicted octanol–water partition coefficient (Wildman–Crippen LogP) is 2.68. The highest BCUT2D eigenvalue weighted by Gasteiger charge is 2.18. The number of nitrogens with two attached hydrogens (primary N) is 2. The minimum atomic E-state index is -0.490. The number of nitrogens with zero attached hydrogens (tertiary/aromatic N) is 2. The molecule has 1 atom stereocenters. The molecule has 0 aliphatic carbocycles. The number of carbonyl (C=O) groups is 1. The first-order valence-corrected chi connectivity index (χ1v) is 8.94. The maximum absolute atomic E-state index is 12.2. The second kappa shape index (κ2) is 9.18. The topological polar surface area (TPSA) is 128 Å². The maximum Gasteiger partial charge on any atom is 0.320 e. The number of nitrogens with one attached hydrogen (secondary N) is 2. The third-order valence-electron chi connectivity index (χ3n) is 4.02. The number of aromatic nitrogens is 1. The molecule has 0 spiro atoms. The number of methoxy groups -OCH3 is 1. The van der Waals surface area contributed by atoms with Crippen molar-refractivity contribution in [2.75, 3.05) is 24.8 Å². The molecule has 0 radical (unpaired) electrons. The van der Waals surface area contributed by atoms with Crippen molar-refractivity contribution >= 4 is 23.4 Å². The molecule has 6 N–H and O–H groups in total. The van der Waals surface area contributed by atoms with E-state index in [1.165, 1.54) is 6.20 Å². The van der Waals surface area contributed by atoms with Gasteiger partial charge in [-0.15, -0.1) is 0 Å². The monoisotopic (exact) mass is 384 g/mol. The summed E-state index contributed by atoms with van der Waals surface area (Å²) < 4.78 is 5.14. The van der Waals surface area contributed by atoms with Gasteiger partial charge in [0.05, 0.1) is 23.8 Å². The lowest BCUT2D eigenvalue weighted by Crippen LogP contribution is -2.31. The van der Waals surface area contributed by atoms with E-state index in [4.69, 9.17) is 16.2 Å². The van der Waals surface area contributed by atoms with E-state index in [1.807, 2.05) is 51.1 Å². The standard InChI is InChI=1S/C20H28N6O2/c1-13(14-8-6-5-7-9-14)24-19(27)25-17-10-16(21)15(11-23-17)18(22)26-20(2,3)12-28-4/h5-11,13H,12H2,1-4H3,(H2,22,26)(H4,21,23,24,25,27)/t13-/m1/s1. The summed E-state index contributed by atoms with van der Waals surface area (Å²) in [6, 6.07) is 10.7. The summed E-state index contributed by atoms with van der Waals surface area (Å²) in [7, 11) is 1.60. The Kier molecular flexibility index (Phi) is 6.94. The van der Waals surface area contributed by atoms with Gasteiger partial charge in [0.25, 0.3) is 0 Å². The number of urea groups is 1. The number of pyridine rings is 1. The highest BCUT2D eigenvalue weighted by atomic mass is 16.5. The molecule has 2 rings (SSSR count). The van der Waals surface area contributed by atoms with E-state index in [-0.39, 0.29) is 17.9 Å². The molecule has 0 aliphatic rings. The predicted molar refractivity (Wildman–Crippen MR) is 112 cm³/mol. The van der Waals surface area contributed by atoms with Crippen molar-refractivity contribution < 1.29 is 9.53 Å². The summed E-state index contributed by atoms with van der Waals surface area (Å²) in [6.07, 6.45) is 1.49. The van der Waals surface area contributed by atoms with Gasteiger partial charge in [0.15, 0.2) is 0 Å². The zero-order valence-corrected chi connectivity index (χ0v) is 16.7. The third-order valence-corrected chi connectivity index (χ3v) is 4.02. The van der Waals surface area contributed by atoms with Crippen LogP contribution in [0.1, 0.15) is 37.9 Å². The first-order chi connectivity index (χ1) is 13.2. The van der Waals surface area contributed by atoms with Gasteiger partial charge in [-0.1, -0.05) is 30.3 Å². The van der Waals surface area contributed by atoms with E-state index in [9.17, 15) is 4.79 Å². The molecule has 1 aromatic carbocycles. The fourth-order valence-corrected chi connectivity index (χ4v) is 2.70. The highest BCUT2D eigenvalue weighted by Crippen LogP contribution is 2.18. The van der Waals surface area contributed by atoms with Gasteiger partial charge in [0.1, 0.15) is 11.7 Å². The molecule has 0 fully saturated rings. The van der Waals surface area contributed by atoms with E-state index >= 15 is 0 Å². The van der Waals surface area contributed by atoms with E-state index in [0.717, 1.165) is 5.56 Å². The molecule has 28 heavy (non-hydrogen) atoms. The minimum absolute atomic E-state index is 0.149. The number of rotatable bonds is 7. The van der Waals surface area contributed by atoms with E-state index in [1.54, 1.807) is 13.2 Å². The van der Waals surface area contributed by atoms with Crippen LogP contribution in [0, 0.1) is 0 Å². The summed E-state index contributed by atoms with van der Waals surface area (Å²) in [5, 5.41) is 5.53. The van der Waals surface area contributed by atoms with Gasteiger partial charge in [-0.25, -0.2) is 9.78 Å². The molecular formula is C20H28N6O2. The zero-order valence-electron chi connectivity index (χ0n) is 16.7. The average molecular weight is 384 g/mol. The lowest BCUT2D eigenvalue weighted by molar-refractivity contribution is 0.150. The summed E-state index contributed by atoms with van der Waals surface area (Å²) >= 11 is 0. The van der Waals surface area contributed by atoms with Crippen LogP contribution in [0.4, 0.5) is 16.3 Å². The molecule has 0 saturated carbocycles. The zero-order chi connectivity index (χ0) is 20.7. The van der Waals surface area contributed by atoms with Crippen LogP contribution >= 0.6 is 0 Å². The molecule has 0 aliphatic heterocycles. The van der Waals surface area contributed by atoms with Crippen LogP contribution in [0.25, 0.3) is 0 Å². The second-order valence-corrected chi connectivity index (χ2v) is 7.13. The van der Waals surface area contributed by atoms with E-state index in [2.05, 4.69) is 20.6 Å². The van der Waals surface area contributed by atoms with Crippen molar-refractivity contribution in [3.05, 3.63) is 53.7 Å². The van der Waals surface area contributed by atoms with Crippen molar-refractivity contribution in [3.63, 3.8) is 0 Å². The van der Waals surface area contributed by atoms with Crippen LogP contribution in [0.15, 0.2) is 47.6 Å². The van der Waals surface area contributed by atoms with E-state index in [0.29, 0.717) is 23.7 Å². The molecule has 1 aromatic heterocycles. The SMILES string of the molecule is COCC(C)(C)N=C(N)c1cnc(NC(=O)N[C@H](C)c2ccccc2)cc1N. The lowest BCUT2D eigenvalue weighted by atomic mass is 10.1. The Morgan fingerprint density at radius 3 is 2.61 bits per heavy atom. The molecule has 1 heterocycles. The van der Waals surface area contributed by atoms with Crippen LogP contribution in [0.5, 0.6) is 0 Å². The fourth-order valence-electron chi connectivity index (χ4n) is 2.70. The van der Waals surface area contributed by atoms with Crippen molar-refractivity contribution in [3.8, 4) is 0 Å². The number of anilines is 2. The van der Waals surface area contributed by atoms with Crippen LogP contribution < -0.4 is 22.1 Å². The van der Waals surface area contributed by atoms with Crippen LogP contribution in [-0.4, -0.2) is 36.1 Å². The Morgan fingerprint density at radius 2 is 2.00 bits per heavy atom. The van der Waals surface area contributed by atoms with Gasteiger partial charge in [0, 0.05) is 25.1 Å². The fraction of sp³-hybridized carbons (Fsp3) is 0.350. The summed E-state index contributed by atoms with van der Waals surface area (Å²) in [5.74, 6) is 0.587. The smallest absolute Gasteiger partial charge is 0.320 e. The van der Waals surface area contributed by atoms with Gasteiger partial charge in [-0.05, 0) is 26.3 Å². The molecule has 150 valence electrons. The van der Waals surface area contributed by atoms with Crippen molar-refractivity contribution in [2.24, 2.45) is 10.7 Å². The molecule has 0 saturated heterocycles. The maximum atomic E-state index is 12.2. The minimum Gasteiger partial charge on any atom is -0.398 e. The van der Waals surface area contributed by atoms with Gasteiger partial charge in [0.2, 0.25) is 0 Å². The number of amidine groups is 1. The Bertz CT molecular complexity index is 836. The molecule has 8 nitrogen and oxygen atoms in total. The van der Waals surface area contributed by atoms with Crippen LogP contribution in [0.2, 0.25) is 0 Å². The Balaban J connectivity index is 2.05. The summed E-state index contributed by atoms with van der Waals surface area (Å²) in [4.78, 5) is 20.9. The summed E-state index contributed by atoms with van der Waals surface area (Å²) in [5.41, 5.74) is 13.5. The largest absolute Gasteiger partial charge is 0.398 e. The van der Waals surface area contributed by atoms with Crippen molar-refractivity contribution in [1.29, 1.82) is 0 Å². The number of nitrogen functional groups attached to an aromatic ring is 1. The molecule has 0 unspecified atom stereocenters. The number of hydrogen-bond acceptors (Lipinski definition) is 5. The molecule has 8 heteroatoms. The lowest BCUT2D eigenvalue weighted by Gasteiger charge is -2.20. The number of ether oxygens (including phenoxy) is 1. The Hall–Kier alpha value is -3.13. The Labute approximate surface area is 165 Å². The number of amides is 2. The van der Waals surface area contributed by atoms with Crippen molar-refractivity contribution in [2.45, 2.75) is 32.4 Å². The number of carbonyl (C=O) groups excluding carboxylic acids is 1. The summed E-state index contributed by atoms with van der Waals surface area (Å²) in [6.45, 7) is 6.13. The van der Waals surface area contributed by atoms with Gasteiger partial charge >= 0.3 is 6.03 Å². The number of hydrogen-bond donors (Lipinski definition) is 4. The van der Waals surface area contributed by atoms with Crippen molar-refractivity contribution in [1.82, 2.24) is 10.3 Å². The molecular weight excluding hydrogens is 356 g/mol. The normalized spacial score (nSPS) is 13.1. The average Bonchev–Trinajstić information content (AvgIpc) is 2.61. The van der Waals surface area contributed by atoms with Gasteiger partial charge in [-0.3, -0.25) is 10.3 Å². The van der Waals surface area contributed by atoms with Crippen LogP contribution in [-0.2, 0) is 4.74 Å². The molecule has 2 aromatic rings. The Morgan fingerprint density at radius 1 is 1.32 bits per heavy atom. The first-order valence-electron chi connectivity index (χ1n) is 8.94. The quantitative estimate of drug-likeness (QED) is 0.431. The third kappa shape index (κ3) is 5.95. The first kappa shape index (κ1) is 21.2. The highest BCUT2D eigenvalue weighted by molar-refractivity contribution is 6.02. The van der Waals surface area contributed by atoms with Gasteiger partial charge in [-0.2, -0.15) is 0 Å². The molecule has 0 bridgehead atoms. The number of benzene rings is 1. The molecule has 2 amide bonds.